The molecule has 1 aromatic carbocycles. The number of ketones is 1. The van der Waals surface area contributed by atoms with Gasteiger partial charge in [0.2, 0.25) is 0 Å². The topological polar surface area (TPSA) is 23.6 Å². The Hall–Kier alpha value is -2.39. The molecule has 0 amide bonds. The lowest BCUT2D eigenvalue weighted by atomic mass is 9.70. The van der Waals surface area contributed by atoms with Crippen molar-refractivity contribution in [3.8, 4) is 0 Å². The van der Waals surface area contributed by atoms with Crippen molar-refractivity contribution < 1.29 is 4.79 Å². The van der Waals surface area contributed by atoms with Gasteiger partial charge in [-0.05, 0) is 24.0 Å². The molecule has 2 atom stereocenters. The summed E-state index contributed by atoms with van der Waals surface area (Å²) in [6.07, 6.45) is 16.5. The second-order valence-corrected chi connectivity index (χ2v) is 7.36. The van der Waals surface area contributed by atoms with Gasteiger partial charge in [-0.25, -0.2) is 5.01 Å². The van der Waals surface area contributed by atoms with Crippen molar-refractivity contribution in [2.75, 3.05) is 6.54 Å². The smallest absolute Gasteiger partial charge is 0.138 e. The van der Waals surface area contributed by atoms with E-state index in [2.05, 4.69) is 76.9 Å². The maximum Gasteiger partial charge on any atom is 0.138 e. The molecule has 4 aliphatic rings. The molecular formula is C22H22N2O. The van der Waals surface area contributed by atoms with E-state index in [9.17, 15) is 4.79 Å². The first-order chi connectivity index (χ1) is 12.3. The minimum atomic E-state index is -0.242. The maximum atomic E-state index is 12.2. The highest BCUT2D eigenvalue weighted by molar-refractivity contribution is 5.85. The number of rotatable bonds is 2. The van der Waals surface area contributed by atoms with Crippen molar-refractivity contribution >= 4 is 5.78 Å². The molecule has 25 heavy (non-hydrogen) atoms. The molecule has 1 saturated heterocycles. The molecule has 1 spiro atoms. The molecule has 2 aliphatic carbocycles. The van der Waals surface area contributed by atoms with Crippen LogP contribution < -0.4 is 0 Å². The van der Waals surface area contributed by atoms with Crippen LogP contribution in [-0.4, -0.2) is 22.3 Å². The van der Waals surface area contributed by atoms with E-state index in [1.165, 1.54) is 29.7 Å². The Morgan fingerprint density at radius 1 is 1.12 bits per heavy atom. The van der Waals surface area contributed by atoms with Gasteiger partial charge in [0.1, 0.15) is 5.78 Å². The molecule has 1 unspecified atom stereocenters. The fourth-order valence-corrected chi connectivity index (χ4v) is 4.78. The van der Waals surface area contributed by atoms with E-state index in [1.54, 1.807) is 0 Å². The van der Waals surface area contributed by atoms with Gasteiger partial charge >= 0.3 is 0 Å². The Balaban J connectivity index is 1.56. The van der Waals surface area contributed by atoms with Gasteiger partial charge in [0, 0.05) is 31.3 Å². The van der Waals surface area contributed by atoms with Gasteiger partial charge in [0.25, 0.3) is 0 Å². The van der Waals surface area contributed by atoms with Gasteiger partial charge in [-0.1, -0.05) is 60.7 Å². The van der Waals surface area contributed by atoms with Crippen molar-refractivity contribution in [1.29, 1.82) is 0 Å². The number of allylic oxidation sites excluding steroid dienone is 5. The second kappa shape index (κ2) is 5.57. The molecule has 5 rings (SSSR count). The summed E-state index contributed by atoms with van der Waals surface area (Å²) < 4.78 is 0. The Labute approximate surface area is 148 Å². The zero-order chi connectivity index (χ0) is 16.9. The monoisotopic (exact) mass is 330 g/mol. The molecule has 2 aliphatic heterocycles. The molecule has 2 heterocycles. The maximum absolute atomic E-state index is 12.2. The third-order valence-corrected chi connectivity index (χ3v) is 5.93. The Kier molecular flexibility index (Phi) is 3.32. The van der Waals surface area contributed by atoms with Crippen molar-refractivity contribution in [3.05, 3.63) is 83.7 Å². The van der Waals surface area contributed by atoms with E-state index in [0.717, 1.165) is 6.54 Å². The van der Waals surface area contributed by atoms with E-state index in [4.69, 9.17) is 0 Å². The SMILES string of the molecule is O=C1CC=C2N(N3CCC[C@H]3c3ccccc3)C=C3C=CC=CC32C1. The Bertz CT molecular complexity index is 833. The average molecular weight is 330 g/mol. The predicted octanol–water partition coefficient (Wildman–Crippen LogP) is 4.30. The number of hydrazine groups is 1. The van der Waals surface area contributed by atoms with Crippen molar-refractivity contribution in [2.24, 2.45) is 5.41 Å². The largest absolute Gasteiger partial charge is 0.299 e. The van der Waals surface area contributed by atoms with Crippen molar-refractivity contribution in [2.45, 2.75) is 31.7 Å². The number of hydrogen-bond donors (Lipinski definition) is 0. The summed E-state index contributed by atoms with van der Waals surface area (Å²) in [5.41, 5.74) is 3.65. The zero-order valence-corrected chi connectivity index (χ0v) is 14.3. The van der Waals surface area contributed by atoms with Crippen LogP contribution >= 0.6 is 0 Å². The molecule has 1 fully saturated rings. The van der Waals surface area contributed by atoms with Gasteiger partial charge in [-0.3, -0.25) is 9.80 Å². The van der Waals surface area contributed by atoms with E-state index in [0.29, 0.717) is 24.7 Å². The molecule has 0 N–H and O–H groups in total. The summed E-state index contributed by atoms with van der Waals surface area (Å²) in [4.78, 5) is 12.2. The first-order valence-electron chi connectivity index (χ1n) is 9.19. The molecule has 0 saturated carbocycles. The lowest BCUT2D eigenvalue weighted by Gasteiger charge is -2.40. The van der Waals surface area contributed by atoms with Crippen LogP contribution in [0.2, 0.25) is 0 Å². The lowest BCUT2D eigenvalue weighted by molar-refractivity contribution is -0.120. The average Bonchev–Trinajstić information content (AvgIpc) is 3.24. The molecule has 0 radical (unpaired) electrons. The summed E-state index contributed by atoms with van der Waals surface area (Å²) in [5.74, 6) is 0.331. The first kappa shape index (κ1) is 14.9. The first-order valence-corrected chi connectivity index (χ1v) is 9.19. The van der Waals surface area contributed by atoms with Crippen LogP contribution in [0.1, 0.15) is 37.3 Å². The minimum Gasteiger partial charge on any atom is -0.299 e. The third-order valence-electron chi connectivity index (χ3n) is 5.93. The van der Waals surface area contributed by atoms with Gasteiger partial charge in [-0.2, -0.15) is 0 Å². The van der Waals surface area contributed by atoms with E-state index >= 15 is 0 Å². The fourth-order valence-electron chi connectivity index (χ4n) is 4.78. The van der Waals surface area contributed by atoms with Gasteiger partial charge in [-0.15, -0.1) is 0 Å². The fraction of sp³-hybridized carbons (Fsp3) is 0.318. The normalized spacial score (nSPS) is 31.0. The molecule has 3 nitrogen and oxygen atoms in total. The number of Topliss-reactive ketones (excluding diaryl/α,β-unsaturated/α-hetero) is 1. The highest BCUT2D eigenvalue weighted by atomic mass is 16.1. The van der Waals surface area contributed by atoms with Gasteiger partial charge in [0.05, 0.1) is 11.5 Å². The van der Waals surface area contributed by atoms with Crippen LogP contribution in [0.5, 0.6) is 0 Å². The van der Waals surface area contributed by atoms with E-state index in [-0.39, 0.29) is 5.41 Å². The molecule has 126 valence electrons. The molecule has 1 aromatic rings. The quantitative estimate of drug-likeness (QED) is 0.808. The predicted molar refractivity (Wildman–Crippen MR) is 98.1 cm³/mol. The van der Waals surface area contributed by atoms with Crippen LogP contribution in [0.3, 0.4) is 0 Å². The summed E-state index contributed by atoms with van der Waals surface area (Å²) >= 11 is 0. The van der Waals surface area contributed by atoms with Crippen molar-refractivity contribution in [3.63, 3.8) is 0 Å². The minimum absolute atomic E-state index is 0.242. The number of carbonyl (C=O) groups excluding carboxylic acids is 1. The number of nitrogens with zero attached hydrogens (tertiary/aromatic N) is 2. The van der Waals surface area contributed by atoms with Gasteiger partial charge < -0.3 is 0 Å². The molecule has 0 bridgehead atoms. The molecular weight excluding hydrogens is 308 g/mol. The summed E-state index contributed by atoms with van der Waals surface area (Å²) in [7, 11) is 0. The third kappa shape index (κ3) is 2.19. The molecule has 0 aromatic heterocycles. The molecule has 3 heteroatoms. The van der Waals surface area contributed by atoms with E-state index < -0.39 is 0 Å². The standard InChI is InChI=1S/C22H22N2O/c25-19-11-12-21-22(15-19)13-5-4-9-18(22)16-24(21)23-14-6-10-20(23)17-7-2-1-3-8-17/h1-5,7-9,12-13,16,20H,6,10-11,14-15H2/t20-,22?/m0/s1. The highest BCUT2D eigenvalue weighted by Gasteiger charge is 2.49. The second-order valence-electron chi connectivity index (χ2n) is 7.36. The van der Waals surface area contributed by atoms with Gasteiger partial charge in [0.15, 0.2) is 0 Å². The summed E-state index contributed by atoms with van der Waals surface area (Å²) in [6, 6.07) is 11.2. The summed E-state index contributed by atoms with van der Waals surface area (Å²) in [5, 5.41) is 4.85. The van der Waals surface area contributed by atoms with E-state index in [1.807, 2.05) is 0 Å². The van der Waals surface area contributed by atoms with Crippen LogP contribution in [0.25, 0.3) is 0 Å². The lowest BCUT2D eigenvalue weighted by Crippen LogP contribution is -2.41. The summed E-state index contributed by atoms with van der Waals surface area (Å²) in [6.45, 7) is 1.05. The van der Waals surface area contributed by atoms with Crippen LogP contribution in [0, 0.1) is 5.41 Å². The number of hydrogen-bond acceptors (Lipinski definition) is 3. The van der Waals surface area contributed by atoms with Crippen molar-refractivity contribution in [1.82, 2.24) is 10.0 Å². The van der Waals surface area contributed by atoms with Crippen LogP contribution in [-0.2, 0) is 4.79 Å². The number of carbonyl (C=O) groups is 1. The zero-order valence-electron chi connectivity index (χ0n) is 14.3. The van der Waals surface area contributed by atoms with Crippen LogP contribution in [0.4, 0.5) is 0 Å². The number of benzene rings is 1. The highest BCUT2D eigenvalue weighted by Crippen LogP contribution is 2.53. The van der Waals surface area contributed by atoms with Crippen LogP contribution in [0.15, 0.2) is 78.2 Å². The Morgan fingerprint density at radius 3 is 2.88 bits per heavy atom. The Morgan fingerprint density at radius 2 is 2.00 bits per heavy atom.